The fourth-order valence-electron chi connectivity index (χ4n) is 4.35. The average Bonchev–Trinajstić information content (AvgIpc) is 2.94. The molecule has 1 aromatic carbocycles. The number of nitrogens with zero attached hydrogens (tertiary/aromatic N) is 1. The van der Waals surface area contributed by atoms with Gasteiger partial charge < -0.3 is 33.2 Å². The van der Waals surface area contributed by atoms with Crippen LogP contribution in [0.15, 0.2) is 48.8 Å². The number of benzene rings is 1. The van der Waals surface area contributed by atoms with E-state index in [-0.39, 0.29) is 13.2 Å². The van der Waals surface area contributed by atoms with Crippen LogP contribution in [0.2, 0.25) is 0 Å². The number of carbonyl (C=O) groups is 4. The molecule has 12 heteroatoms. The molecule has 0 aliphatic carbocycles. The third-order valence-electron chi connectivity index (χ3n) is 6.17. The van der Waals surface area contributed by atoms with E-state index in [1.54, 1.807) is 12.4 Å². The highest BCUT2D eigenvalue weighted by atomic mass is 16.7. The molecular weight excluding hydrogens is 550 g/mol. The SMILES string of the molecule is CC(=O)OC[C@H]1O[C@@H](OCCCCc2ccc(OCc3ccncc3)cc2)[C@H](OC(C)=O)[C@@H](OC(C)=O)[C@@H]1OC(C)=O. The van der Waals surface area contributed by atoms with Gasteiger partial charge in [0.2, 0.25) is 0 Å². The highest BCUT2D eigenvalue weighted by molar-refractivity contribution is 5.68. The number of pyridine rings is 1. The molecule has 228 valence electrons. The van der Waals surface area contributed by atoms with E-state index in [0.717, 1.165) is 29.7 Å². The second-order valence-electron chi connectivity index (χ2n) is 9.68. The lowest BCUT2D eigenvalue weighted by atomic mass is 9.98. The Morgan fingerprint density at radius 1 is 0.738 bits per heavy atom. The number of aromatic nitrogens is 1. The predicted molar refractivity (Wildman–Crippen MR) is 146 cm³/mol. The van der Waals surface area contributed by atoms with Gasteiger partial charge in [-0.25, -0.2) is 0 Å². The summed E-state index contributed by atoms with van der Waals surface area (Å²) in [6, 6.07) is 11.6. The van der Waals surface area contributed by atoms with Gasteiger partial charge in [0.25, 0.3) is 0 Å². The lowest BCUT2D eigenvalue weighted by Gasteiger charge is -2.44. The lowest BCUT2D eigenvalue weighted by molar-refractivity contribution is -0.308. The van der Waals surface area contributed by atoms with Crippen molar-refractivity contribution in [2.45, 2.75) is 84.3 Å². The molecule has 0 N–H and O–H groups in total. The summed E-state index contributed by atoms with van der Waals surface area (Å²) in [5, 5.41) is 0. The van der Waals surface area contributed by atoms with Crippen LogP contribution in [0, 0.1) is 0 Å². The van der Waals surface area contributed by atoms with Crippen molar-refractivity contribution in [1.82, 2.24) is 4.98 Å². The van der Waals surface area contributed by atoms with Gasteiger partial charge >= 0.3 is 23.9 Å². The first-order valence-electron chi connectivity index (χ1n) is 13.6. The van der Waals surface area contributed by atoms with Crippen LogP contribution in [-0.4, -0.2) is 72.8 Å². The standard InChI is InChI=1S/C30H37NO11/c1-19(32)37-18-26-27(39-20(2)33)28(40-21(3)34)29(41-22(4)35)30(42-26)36-16-6-5-7-23-8-10-25(11-9-23)38-17-24-12-14-31-15-13-24/h8-15,26-30H,5-7,16-18H2,1-4H3/t26-,27-,28+,29-,30-/m1/s1. The summed E-state index contributed by atoms with van der Waals surface area (Å²) >= 11 is 0. The maximum absolute atomic E-state index is 11.9. The Hall–Kier alpha value is -4.03. The van der Waals surface area contributed by atoms with Crippen LogP contribution >= 0.6 is 0 Å². The smallest absolute Gasteiger partial charge is 0.303 e. The molecule has 0 bridgehead atoms. The molecule has 0 unspecified atom stereocenters. The molecule has 2 heterocycles. The van der Waals surface area contributed by atoms with E-state index in [1.807, 2.05) is 36.4 Å². The number of carbonyl (C=O) groups excluding carboxylic acids is 4. The van der Waals surface area contributed by atoms with E-state index in [9.17, 15) is 19.2 Å². The topological polar surface area (TPSA) is 146 Å². The van der Waals surface area contributed by atoms with E-state index in [2.05, 4.69) is 4.98 Å². The molecule has 2 aromatic rings. The molecule has 1 aliphatic heterocycles. The van der Waals surface area contributed by atoms with Crippen LogP contribution in [-0.2, 0) is 60.6 Å². The van der Waals surface area contributed by atoms with E-state index < -0.39 is 54.6 Å². The molecule has 1 aliphatic rings. The molecule has 1 fully saturated rings. The minimum atomic E-state index is -1.26. The van der Waals surface area contributed by atoms with Gasteiger partial charge in [0, 0.05) is 46.7 Å². The lowest BCUT2D eigenvalue weighted by Crippen LogP contribution is -2.63. The fraction of sp³-hybridized carbons (Fsp3) is 0.500. The first kappa shape index (κ1) is 32.5. The van der Waals surface area contributed by atoms with Gasteiger partial charge in [-0.3, -0.25) is 24.2 Å². The number of esters is 4. The van der Waals surface area contributed by atoms with E-state index in [1.165, 1.54) is 27.7 Å². The van der Waals surface area contributed by atoms with Crippen molar-refractivity contribution in [3.63, 3.8) is 0 Å². The Morgan fingerprint density at radius 3 is 1.98 bits per heavy atom. The van der Waals surface area contributed by atoms with Crippen molar-refractivity contribution >= 4 is 23.9 Å². The van der Waals surface area contributed by atoms with Crippen molar-refractivity contribution in [3.8, 4) is 5.75 Å². The van der Waals surface area contributed by atoms with Crippen LogP contribution in [0.4, 0.5) is 0 Å². The Kier molecular flexibility index (Phi) is 12.7. The molecule has 0 radical (unpaired) electrons. The molecule has 1 aromatic heterocycles. The minimum absolute atomic E-state index is 0.223. The van der Waals surface area contributed by atoms with E-state index in [4.69, 9.17) is 33.2 Å². The quantitative estimate of drug-likeness (QED) is 0.182. The summed E-state index contributed by atoms with van der Waals surface area (Å²) in [5.74, 6) is -1.89. The van der Waals surface area contributed by atoms with Crippen molar-refractivity contribution in [1.29, 1.82) is 0 Å². The highest BCUT2D eigenvalue weighted by Crippen LogP contribution is 2.30. The van der Waals surface area contributed by atoms with Gasteiger partial charge in [0.1, 0.15) is 25.1 Å². The Labute approximate surface area is 244 Å². The van der Waals surface area contributed by atoms with Crippen LogP contribution in [0.5, 0.6) is 5.75 Å². The molecule has 12 nitrogen and oxygen atoms in total. The number of aryl methyl sites for hydroxylation is 1. The maximum atomic E-state index is 11.9. The molecular formula is C30H37NO11. The number of rotatable bonds is 14. The van der Waals surface area contributed by atoms with Crippen molar-refractivity contribution in [2.75, 3.05) is 13.2 Å². The Morgan fingerprint density at radius 2 is 1.36 bits per heavy atom. The summed E-state index contributed by atoms with van der Waals surface area (Å²) < 4.78 is 39.0. The molecule has 3 rings (SSSR count). The molecule has 0 amide bonds. The summed E-state index contributed by atoms with van der Waals surface area (Å²) in [6.07, 6.45) is -0.281. The van der Waals surface area contributed by atoms with E-state index in [0.29, 0.717) is 13.0 Å². The van der Waals surface area contributed by atoms with Crippen LogP contribution in [0.1, 0.15) is 51.7 Å². The van der Waals surface area contributed by atoms with Gasteiger partial charge in [0.05, 0.1) is 0 Å². The zero-order valence-electron chi connectivity index (χ0n) is 24.2. The second-order valence-corrected chi connectivity index (χ2v) is 9.68. The average molecular weight is 588 g/mol. The van der Waals surface area contributed by atoms with E-state index >= 15 is 0 Å². The molecule has 0 saturated carbocycles. The Balaban J connectivity index is 1.58. The van der Waals surface area contributed by atoms with Crippen LogP contribution < -0.4 is 4.74 Å². The summed E-state index contributed by atoms with van der Waals surface area (Å²) in [7, 11) is 0. The van der Waals surface area contributed by atoms with Gasteiger partial charge in [-0.15, -0.1) is 0 Å². The minimum Gasteiger partial charge on any atom is -0.489 e. The second kappa shape index (κ2) is 16.4. The third kappa shape index (κ3) is 10.7. The zero-order valence-corrected chi connectivity index (χ0v) is 24.2. The highest BCUT2D eigenvalue weighted by Gasteiger charge is 2.52. The van der Waals surface area contributed by atoms with Crippen LogP contribution in [0.3, 0.4) is 0 Å². The van der Waals surface area contributed by atoms with Gasteiger partial charge in [0.15, 0.2) is 24.6 Å². The molecule has 42 heavy (non-hydrogen) atoms. The number of hydrogen-bond donors (Lipinski definition) is 0. The summed E-state index contributed by atoms with van der Waals surface area (Å²) in [6.45, 7) is 5.11. The van der Waals surface area contributed by atoms with Crippen molar-refractivity contribution < 1.29 is 52.3 Å². The normalized spacial score (nSPS) is 21.6. The summed E-state index contributed by atoms with van der Waals surface area (Å²) in [4.78, 5) is 51.1. The number of ether oxygens (including phenoxy) is 7. The first-order chi connectivity index (χ1) is 20.1. The number of unbranched alkanes of at least 4 members (excludes halogenated alkanes) is 1. The van der Waals surface area contributed by atoms with Gasteiger partial charge in [-0.1, -0.05) is 12.1 Å². The molecule has 1 saturated heterocycles. The Bertz CT molecular complexity index is 1170. The van der Waals surface area contributed by atoms with Crippen molar-refractivity contribution in [2.24, 2.45) is 0 Å². The van der Waals surface area contributed by atoms with Gasteiger partial charge in [-0.05, 0) is 54.7 Å². The molecule has 0 spiro atoms. The summed E-state index contributed by atoms with van der Waals surface area (Å²) in [5.41, 5.74) is 2.16. The third-order valence-corrected chi connectivity index (χ3v) is 6.17. The largest absolute Gasteiger partial charge is 0.489 e. The number of hydrogen-bond acceptors (Lipinski definition) is 12. The molecule has 5 atom stereocenters. The van der Waals surface area contributed by atoms with Crippen LogP contribution in [0.25, 0.3) is 0 Å². The zero-order chi connectivity index (χ0) is 30.5. The van der Waals surface area contributed by atoms with Gasteiger partial charge in [-0.2, -0.15) is 0 Å². The van der Waals surface area contributed by atoms with Crippen molar-refractivity contribution in [3.05, 3.63) is 59.9 Å². The fourth-order valence-corrected chi connectivity index (χ4v) is 4.35. The monoisotopic (exact) mass is 587 g/mol. The first-order valence-corrected chi connectivity index (χ1v) is 13.6. The predicted octanol–water partition coefficient (Wildman–Crippen LogP) is 3.08. The maximum Gasteiger partial charge on any atom is 0.303 e.